The Kier molecular flexibility index (Phi) is 3.73. The van der Waals surface area contributed by atoms with E-state index in [1.807, 2.05) is 37.3 Å². The van der Waals surface area contributed by atoms with Gasteiger partial charge in [-0.05, 0) is 25.8 Å². The van der Waals surface area contributed by atoms with E-state index in [0.29, 0.717) is 16.9 Å². The third kappa shape index (κ3) is 2.63. The van der Waals surface area contributed by atoms with Gasteiger partial charge in [0, 0.05) is 28.9 Å². The molecule has 2 N–H and O–H groups in total. The van der Waals surface area contributed by atoms with Crippen LogP contribution in [0.2, 0.25) is 0 Å². The van der Waals surface area contributed by atoms with Gasteiger partial charge in [0.25, 0.3) is 5.56 Å². The summed E-state index contributed by atoms with van der Waals surface area (Å²) in [6, 6.07) is 9.74. The molecule has 118 valence electrons. The van der Waals surface area contributed by atoms with E-state index in [0.717, 1.165) is 16.8 Å². The lowest BCUT2D eigenvalue weighted by Crippen LogP contribution is -2.22. The Morgan fingerprint density at radius 1 is 1.26 bits per heavy atom. The van der Waals surface area contributed by atoms with Gasteiger partial charge in [0.15, 0.2) is 5.65 Å². The number of carbonyl (C=O) groups is 1. The Balaban J connectivity index is 2.22. The summed E-state index contributed by atoms with van der Waals surface area (Å²) in [5.41, 5.74) is 4.05. The maximum atomic E-state index is 12.7. The van der Waals surface area contributed by atoms with Crippen molar-refractivity contribution < 1.29 is 9.90 Å². The van der Waals surface area contributed by atoms with Gasteiger partial charge in [0.05, 0.1) is 0 Å². The number of nitrogens with zero attached hydrogens (tertiary/aromatic N) is 2. The maximum absolute atomic E-state index is 12.7. The van der Waals surface area contributed by atoms with Crippen molar-refractivity contribution in [2.45, 2.75) is 26.7 Å². The molecule has 0 aliphatic carbocycles. The highest BCUT2D eigenvalue weighted by Crippen LogP contribution is 2.26. The minimum atomic E-state index is -0.929. The van der Waals surface area contributed by atoms with E-state index in [2.05, 4.69) is 10.1 Å². The van der Waals surface area contributed by atoms with E-state index in [-0.39, 0.29) is 18.4 Å². The molecule has 0 spiro atoms. The molecule has 3 aromatic rings. The number of rotatable bonds is 4. The Labute approximate surface area is 132 Å². The first kappa shape index (κ1) is 15.0. The van der Waals surface area contributed by atoms with Gasteiger partial charge in [0.2, 0.25) is 0 Å². The van der Waals surface area contributed by atoms with Crippen LogP contribution in [0.15, 0.2) is 35.1 Å². The molecule has 0 saturated carbocycles. The number of hydrogen-bond acceptors (Lipinski definition) is 3. The number of aryl methyl sites for hydroxylation is 2. The highest BCUT2D eigenvalue weighted by molar-refractivity contribution is 5.79. The van der Waals surface area contributed by atoms with Gasteiger partial charge in [-0.1, -0.05) is 30.3 Å². The molecular formula is C17H17N3O3. The normalized spacial score (nSPS) is 11.0. The SMILES string of the molecule is Cc1nc2c(-c3ccccc3)c(C)[nH]n2c(=O)c1CCC(=O)O. The van der Waals surface area contributed by atoms with Crippen LogP contribution < -0.4 is 5.56 Å². The Hall–Kier alpha value is -2.89. The molecule has 0 aliphatic heterocycles. The smallest absolute Gasteiger partial charge is 0.303 e. The standard InChI is InChI=1S/C17H17N3O3/c1-10-13(8-9-14(21)22)17(23)20-16(18-10)15(11(2)19-20)12-6-4-3-5-7-12/h3-7,19H,8-9H2,1-2H3,(H,21,22). The molecular weight excluding hydrogens is 294 g/mol. The number of aliphatic carboxylic acids is 1. The van der Waals surface area contributed by atoms with E-state index in [4.69, 9.17) is 5.11 Å². The fourth-order valence-corrected chi connectivity index (χ4v) is 2.80. The van der Waals surface area contributed by atoms with Gasteiger partial charge in [-0.2, -0.15) is 0 Å². The van der Waals surface area contributed by atoms with Crippen LogP contribution in [0.1, 0.15) is 23.4 Å². The quantitative estimate of drug-likeness (QED) is 0.774. The van der Waals surface area contributed by atoms with Crippen molar-refractivity contribution >= 4 is 11.6 Å². The molecule has 2 heterocycles. The summed E-state index contributed by atoms with van der Waals surface area (Å²) < 4.78 is 1.40. The molecule has 0 aliphatic rings. The summed E-state index contributed by atoms with van der Waals surface area (Å²) in [6.45, 7) is 3.64. The molecule has 6 nitrogen and oxygen atoms in total. The Morgan fingerprint density at radius 3 is 2.61 bits per heavy atom. The van der Waals surface area contributed by atoms with Crippen molar-refractivity contribution in [1.29, 1.82) is 0 Å². The number of benzene rings is 1. The van der Waals surface area contributed by atoms with E-state index in [1.54, 1.807) is 6.92 Å². The van der Waals surface area contributed by atoms with Gasteiger partial charge in [-0.25, -0.2) is 9.50 Å². The molecule has 0 fully saturated rings. The summed E-state index contributed by atoms with van der Waals surface area (Å²) in [5.74, 6) is -0.929. The molecule has 0 atom stereocenters. The number of aromatic amines is 1. The molecule has 1 aromatic carbocycles. The number of aromatic nitrogens is 3. The lowest BCUT2D eigenvalue weighted by molar-refractivity contribution is -0.136. The Bertz CT molecular complexity index is 939. The van der Waals surface area contributed by atoms with Gasteiger partial charge < -0.3 is 5.11 Å². The zero-order chi connectivity index (χ0) is 16.6. The van der Waals surface area contributed by atoms with E-state index in [9.17, 15) is 9.59 Å². The van der Waals surface area contributed by atoms with Gasteiger partial charge in [-0.15, -0.1) is 0 Å². The molecule has 0 amide bonds. The minimum Gasteiger partial charge on any atom is -0.481 e. The molecule has 6 heteroatoms. The number of fused-ring (bicyclic) bond motifs is 1. The van der Waals surface area contributed by atoms with Crippen LogP contribution in [0.25, 0.3) is 16.8 Å². The number of carboxylic acid groups (broad SMARTS) is 1. The van der Waals surface area contributed by atoms with Crippen LogP contribution in [0.5, 0.6) is 0 Å². The van der Waals surface area contributed by atoms with Crippen molar-refractivity contribution in [3.63, 3.8) is 0 Å². The summed E-state index contributed by atoms with van der Waals surface area (Å²) in [7, 11) is 0. The van der Waals surface area contributed by atoms with E-state index >= 15 is 0 Å². The average molecular weight is 311 g/mol. The third-order valence-electron chi connectivity index (χ3n) is 3.91. The number of carboxylic acids is 1. The summed E-state index contributed by atoms with van der Waals surface area (Å²) in [6.07, 6.45) is 0.0870. The van der Waals surface area contributed by atoms with Gasteiger partial charge in [0.1, 0.15) is 0 Å². The monoisotopic (exact) mass is 311 g/mol. The van der Waals surface area contributed by atoms with Crippen molar-refractivity contribution in [2.75, 3.05) is 0 Å². The van der Waals surface area contributed by atoms with Crippen molar-refractivity contribution in [3.05, 3.63) is 57.6 Å². The molecule has 2 aromatic heterocycles. The van der Waals surface area contributed by atoms with Crippen LogP contribution in [-0.4, -0.2) is 25.7 Å². The van der Waals surface area contributed by atoms with E-state index in [1.165, 1.54) is 4.52 Å². The zero-order valence-corrected chi connectivity index (χ0v) is 13.0. The van der Waals surface area contributed by atoms with Crippen LogP contribution in [-0.2, 0) is 11.2 Å². The van der Waals surface area contributed by atoms with E-state index < -0.39 is 5.97 Å². The maximum Gasteiger partial charge on any atom is 0.303 e. The highest BCUT2D eigenvalue weighted by atomic mass is 16.4. The number of H-pyrrole nitrogens is 1. The molecule has 0 radical (unpaired) electrons. The summed E-state index contributed by atoms with van der Waals surface area (Å²) in [4.78, 5) is 28.0. The second kappa shape index (κ2) is 5.72. The summed E-state index contributed by atoms with van der Waals surface area (Å²) in [5, 5.41) is 11.9. The lowest BCUT2D eigenvalue weighted by Gasteiger charge is -2.05. The van der Waals surface area contributed by atoms with Crippen LogP contribution in [0.4, 0.5) is 0 Å². The molecule has 0 unspecified atom stereocenters. The fourth-order valence-electron chi connectivity index (χ4n) is 2.80. The second-order valence-corrected chi connectivity index (χ2v) is 5.51. The first-order valence-electron chi connectivity index (χ1n) is 7.37. The van der Waals surface area contributed by atoms with Crippen molar-refractivity contribution in [2.24, 2.45) is 0 Å². The lowest BCUT2D eigenvalue weighted by atomic mass is 10.1. The number of hydrogen-bond donors (Lipinski definition) is 2. The molecule has 23 heavy (non-hydrogen) atoms. The predicted molar refractivity (Wildman–Crippen MR) is 86.7 cm³/mol. The predicted octanol–water partition coefficient (Wildman–Crippen LogP) is 2.32. The summed E-state index contributed by atoms with van der Waals surface area (Å²) >= 11 is 0. The van der Waals surface area contributed by atoms with Crippen molar-refractivity contribution in [1.82, 2.24) is 14.6 Å². The zero-order valence-electron chi connectivity index (χ0n) is 13.0. The molecule has 0 saturated heterocycles. The highest BCUT2D eigenvalue weighted by Gasteiger charge is 2.17. The third-order valence-corrected chi connectivity index (χ3v) is 3.91. The molecule has 0 bridgehead atoms. The largest absolute Gasteiger partial charge is 0.481 e. The Morgan fingerprint density at radius 2 is 1.96 bits per heavy atom. The van der Waals surface area contributed by atoms with Gasteiger partial charge >= 0.3 is 5.97 Å². The van der Waals surface area contributed by atoms with Crippen LogP contribution >= 0.6 is 0 Å². The minimum absolute atomic E-state index is 0.0882. The van der Waals surface area contributed by atoms with Crippen molar-refractivity contribution in [3.8, 4) is 11.1 Å². The first-order chi connectivity index (χ1) is 11.0. The first-order valence-corrected chi connectivity index (χ1v) is 7.37. The van der Waals surface area contributed by atoms with Crippen LogP contribution in [0.3, 0.4) is 0 Å². The molecule has 3 rings (SSSR count). The van der Waals surface area contributed by atoms with Gasteiger partial charge in [-0.3, -0.25) is 14.7 Å². The number of nitrogens with one attached hydrogen (secondary N) is 1. The average Bonchev–Trinajstić information content (AvgIpc) is 2.84. The van der Waals surface area contributed by atoms with Crippen LogP contribution in [0, 0.1) is 13.8 Å². The topological polar surface area (TPSA) is 87.5 Å². The fraction of sp³-hybridized carbons (Fsp3) is 0.235. The second-order valence-electron chi connectivity index (χ2n) is 5.51.